The zero-order valence-electron chi connectivity index (χ0n) is 12.3. The Morgan fingerprint density at radius 1 is 1.29 bits per heavy atom. The summed E-state index contributed by atoms with van der Waals surface area (Å²) in [6, 6.07) is 9.75. The van der Waals surface area contributed by atoms with Crippen LogP contribution >= 0.6 is 0 Å². The molecule has 1 fully saturated rings. The molecule has 0 spiro atoms. The number of nitrogens with two attached hydrogens (primary N) is 1. The molecule has 0 aromatic heterocycles. The number of carbonyl (C=O) groups is 2. The van der Waals surface area contributed by atoms with E-state index in [1.165, 1.54) is 0 Å². The number of nitrogens with one attached hydrogen (secondary N) is 1. The van der Waals surface area contributed by atoms with E-state index in [4.69, 9.17) is 5.73 Å². The Balaban J connectivity index is 1.69. The van der Waals surface area contributed by atoms with Gasteiger partial charge in [-0.3, -0.25) is 9.59 Å². The third-order valence-electron chi connectivity index (χ3n) is 3.84. The average molecular weight is 289 g/mol. The highest BCUT2D eigenvalue weighted by molar-refractivity contribution is 5.80. The fraction of sp³-hybridized carbons (Fsp3) is 0.500. The van der Waals surface area contributed by atoms with Gasteiger partial charge in [0.1, 0.15) is 0 Å². The normalized spacial score (nSPS) is 17.8. The van der Waals surface area contributed by atoms with Crippen LogP contribution in [0.3, 0.4) is 0 Å². The molecule has 1 unspecified atom stereocenters. The summed E-state index contributed by atoms with van der Waals surface area (Å²) in [6.45, 7) is 1.70. The number of likely N-dealkylation sites (tertiary alicyclic amines) is 1. The highest BCUT2D eigenvalue weighted by atomic mass is 16.2. The molecule has 1 aromatic carbocycles. The first-order valence-electron chi connectivity index (χ1n) is 7.51. The van der Waals surface area contributed by atoms with Crippen LogP contribution in [-0.4, -0.2) is 42.4 Å². The zero-order chi connectivity index (χ0) is 15.1. The lowest BCUT2D eigenvalue weighted by atomic mass is 10.1. The molecular weight excluding hydrogens is 266 g/mol. The highest BCUT2D eigenvalue weighted by Crippen LogP contribution is 2.16. The maximum absolute atomic E-state index is 12.1. The van der Waals surface area contributed by atoms with Crippen LogP contribution in [-0.2, 0) is 16.0 Å². The van der Waals surface area contributed by atoms with Crippen molar-refractivity contribution in [2.24, 2.45) is 5.73 Å². The molecule has 21 heavy (non-hydrogen) atoms. The van der Waals surface area contributed by atoms with Crippen molar-refractivity contribution in [2.45, 2.75) is 31.7 Å². The van der Waals surface area contributed by atoms with Crippen molar-refractivity contribution in [1.29, 1.82) is 0 Å². The van der Waals surface area contributed by atoms with Crippen LogP contribution in [0, 0.1) is 0 Å². The van der Waals surface area contributed by atoms with E-state index in [0.29, 0.717) is 25.9 Å². The van der Waals surface area contributed by atoms with Gasteiger partial charge in [-0.1, -0.05) is 30.3 Å². The third kappa shape index (κ3) is 4.56. The Kier molecular flexibility index (Phi) is 5.75. The second kappa shape index (κ2) is 7.78. The van der Waals surface area contributed by atoms with Gasteiger partial charge in [0.05, 0.1) is 6.42 Å². The number of hydrogen-bond acceptors (Lipinski definition) is 3. The maximum atomic E-state index is 12.1. The zero-order valence-corrected chi connectivity index (χ0v) is 12.3. The number of hydrogen-bond donors (Lipinski definition) is 2. The topological polar surface area (TPSA) is 75.4 Å². The van der Waals surface area contributed by atoms with E-state index in [1.54, 1.807) is 0 Å². The van der Waals surface area contributed by atoms with Crippen molar-refractivity contribution in [3.8, 4) is 0 Å². The lowest BCUT2D eigenvalue weighted by molar-refractivity contribution is -0.131. The highest BCUT2D eigenvalue weighted by Gasteiger charge is 2.26. The number of carbonyl (C=O) groups excluding carboxylic acids is 2. The van der Waals surface area contributed by atoms with Crippen molar-refractivity contribution in [3.63, 3.8) is 0 Å². The van der Waals surface area contributed by atoms with E-state index >= 15 is 0 Å². The van der Waals surface area contributed by atoms with Gasteiger partial charge in [0.15, 0.2) is 0 Å². The second-order valence-electron chi connectivity index (χ2n) is 5.38. The van der Waals surface area contributed by atoms with Crippen molar-refractivity contribution >= 4 is 11.8 Å². The van der Waals surface area contributed by atoms with Gasteiger partial charge in [-0.25, -0.2) is 0 Å². The molecule has 0 radical (unpaired) electrons. The largest absolute Gasteiger partial charge is 0.355 e. The van der Waals surface area contributed by atoms with Crippen LogP contribution in [0.1, 0.15) is 24.8 Å². The molecule has 1 aliphatic rings. The Hall–Kier alpha value is -1.88. The van der Waals surface area contributed by atoms with Gasteiger partial charge < -0.3 is 16.0 Å². The number of benzene rings is 1. The molecule has 0 saturated carbocycles. The molecule has 114 valence electrons. The molecule has 3 N–H and O–H groups in total. The minimum atomic E-state index is -0.0502. The Morgan fingerprint density at radius 2 is 2.05 bits per heavy atom. The predicted octanol–water partition coefficient (Wildman–Crippen LogP) is 0.685. The van der Waals surface area contributed by atoms with Crippen LogP contribution in [0.25, 0.3) is 0 Å². The van der Waals surface area contributed by atoms with E-state index in [1.807, 2.05) is 35.2 Å². The summed E-state index contributed by atoms with van der Waals surface area (Å²) in [7, 11) is 0. The van der Waals surface area contributed by atoms with E-state index in [0.717, 1.165) is 24.9 Å². The summed E-state index contributed by atoms with van der Waals surface area (Å²) in [4.78, 5) is 25.7. The fourth-order valence-electron chi connectivity index (χ4n) is 2.71. The first-order chi connectivity index (χ1) is 10.2. The van der Waals surface area contributed by atoms with Crippen LogP contribution in [0.15, 0.2) is 30.3 Å². The third-order valence-corrected chi connectivity index (χ3v) is 3.84. The Labute approximate surface area is 125 Å². The monoisotopic (exact) mass is 289 g/mol. The van der Waals surface area contributed by atoms with E-state index in [2.05, 4.69) is 5.32 Å². The Morgan fingerprint density at radius 3 is 2.76 bits per heavy atom. The molecule has 1 aliphatic heterocycles. The molecule has 1 saturated heterocycles. The SMILES string of the molecule is NCC1CCCN1C(=O)CCNC(=O)Cc1ccccc1. The summed E-state index contributed by atoms with van der Waals surface area (Å²) < 4.78 is 0. The Bertz CT molecular complexity index is 476. The average Bonchev–Trinajstić information content (AvgIpc) is 2.96. The van der Waals surface area contributed by atoms with Crippen LogP contribution in [0.5, 0.6) is 0 Å². The molecule has 1 atom stereocenters. The van der Waals surface area contributed by atoms with Crippen molar-refractivity contribution in [3.05, 3.63) is 35.9 Å². The van der Waals surface area contributed by atoms with E-state index in [9.17, 15) is 9.59 Å². The summed E-state index contributed by atoms with van der Waals surface area (Å²) in [5.41, 5.74) is 6.64. The van der Waals surface area contributed by atoms with Crippen LogP contribution in [0.4, 0.5) is 0 Å². The van der Waals surface area contributed by atoms with Gasteiger partial charge in [0.25, 0.3) is 0 Å². The summed E-state index contributed by atoms with van der Waals surface area (Å²) in [6.07, 6.45) is 2.71. The lowest BCUT2D eigenvalue weighted by Gasteiger charge is -2.23. The molecule has 5 heteroatoms. The second-order valence-corrected chi connectivity index (χ2v) is 5.38. The minimum absolute atomic E-state index is 0.0502. The molecule has 0 bridgehead atoms. The number of nitrogens with zero attached hydrogens (tertiary/aromatic N) is 1. The minimum Gasteiger partial charge on any atom is -0.355 e. The van der Waals surface area contributed by atoms with Gasteiger partial charge in [0, 0.05) is 32.1 Å². The summed E-state index contributed by atoms with van der Waals surface area (Å²) in [5, 5.41) is 2.80. The van der Waals surface area contributed by atoms with Crippen molar-refractivity contribution in [2.75, 3.05) is 19.6 Å². The molecule has 1 aromatic rings. The first kappa shape index (κ1) is 15.5. The van der Waals surface area contributed by atoms with Gasteiger partial charge in [-0.05, 0) is 18.4 Å². The van der Waals surface area contributed by atoms with Crippen LogP contribution in [0.2, 0.25) is 0 Å². The molecule has 5 nitrogen and oxygen atoms in total. The van der Waals surface area contributed by atoms with E-state index < -0.39 is 0 Å². The molecule has 2 amide bonds. The summed E-state index contributed by atoms with van der Waals surface area (Å²) >= 11 is 0. The van der Waals surface area contributed by atoms with Gasteiger partial charge in [-0.15, -0.1) is 0 Å². The first-order valence-corrected chi connectivity index (χ1v) is 7.51. The van der Waals surface area contributed by atoms with Gasteiger partial charge >= 0.3 is 0 Å². The number of amides is 2. The van der Waals surface area contributed by atoms with Crippen molar-refractivity contribution in [1.82, 2.24) is 10.2 Å². The molecular formula is C16H23N3O2. The van der Waals surface area contributed by atoms with Gasteiger partial charge in [0.2, 0.25) is 11.8 Å². The fourth-order valence-corrected chi connectivity index (χ4v) is 2.71. The predicted molar refractivity (Wildman–Crippen MR) is 81.6 cm³/mol. The van der Waals surface area contributed by atoms with Gasteiger partial charge in [-0.2, -0.15) is 0 Å². The molecule has 0 aliphatic carbocycles. The van der Waals surface area contributed by atoms with Crippen molar-refractivity contribution < 1.29 is 9.59 Å². The number of rotatable bonds is 6. The molecule has 1 heterocycles. The smallest absolute Gasteiger partial charge is 0.224 e. The van der Waals surface area contributed by atoms with E-state index in [-0.39, 0.29) is 17.9 Å². The lowest BCUT2D eigenvalue weighted by Crippen LogP contribution is -2.41. The maximum Gasteiger partial charge on any atom is 0.224 e. The quantitative estimate of drug-likeness (QED) is 0.809. The van der Waals surface area contributed by atoms with Crippen LogP contribution < -0.4 is 11.1 Å². The summed E-state index contributed by atoms with van der Waals surface area (Å²) in [5.74, 6) is 0.0359. The standard InChI is InChI=1S/C16H23N3O2/c17-12-14-7-4-10-19(14)16(21)8-9-18-15(20)11-13-5-2-1-3-6-13/h1-3,5-6,14H,4,7-12,17H2,(H,18,20). The molecule has 2 rings (SSSR count).